The highest BCUT2D eigenvalue weighted by molar-refractivity contribution is 5.92. The van der Waals surface area contributed by atoms with Crippen molar-refractivity contribution in [2.45, 2.75) is 25.9 Å². The lowest BCUT2D eigenvalue weighted by Gasteiger charge is -2.20. The first-order chi connectivity index (χ1) is 11.8. The maximum Gasteiger partial charge on any atom is 0.244 e. The van der Waals surface area contributed by atoms with Gasteiger partial charge in [0, 0.05) is 33.6 Å². The van der Waals surface area contributed by atoms with Gasteiger partial charge in [0.25, 0.3) is 0 Å². The molecule has 2 rings (SSSR count). The summed E-state index contributed by atoms with van der Waals surface area (Å²) in [6.45, 7) is 2.46. The number of amides is 3. The lowest BCUT2D eigenvalue weighted by molar-refractivity contribution is -0.135. The molecule has 0 aliphatic carbocycles. The Kier molecular flexibility index (Phi) is 6.01. The monoisotopic (exact) mass is 347 g/mol. The Morgan fingerprint density at radius 1 is 1.32 bits per heavy atom. The number of ether oxygens (including phenoxy) is 1. The van der Waals surface area contributed by atoms with Gasteiger partial charge in [-0.05, 0) is 24.6 Å². The van der Waals surface area contributed by atoms with E-state index in [1.807, 2.05) is 24.3 Å². The molecule has 0 aromatic heterocycles. The molecule has 3 amide bonds. The molecule has 1 aliphatic heterocycles. The zero-order chi connectivity index (χ0) is 18.6. The van der Waals surface area contributed by atoms with Gasteiger partial charge in [-0.25, -0.2) is 0 Å². The summed E-state index contributed by atoms with van der Waals surface area (Å²) in [7, 11) is 4.88. The molecule has 25 heavy (non-hydrogen) atoms. The molecule has 0 saturated carbocycles. The number of likely N-dealkylation sites (tertiary alicyclic amines) is 1. The zero-order valence-electron chi connectivity index (χ0n) is 15.1. The molecule has 0 bridgehead atoms. The van der Waals surface area contributed by atoms with Gasteiger partial charge in [-0.3, -0.25) is 14.4 Å². The van der Waals surface area contributed by atoms with Gasteiger partial charge in [-0.1, -0.05) is 12.1 Å². The molecule has 0 radical (unpaired) electrons. The molecule has 1 heterocycles. The van der Waals surface area contributed by atoms with Crippen LogP contribution in [0.1, 0.15) is 18.9 Å². The Balaban J connectivity index is 1.92. The van der Waals surface area contributed by atoms with Crippen molar-refractivity contribution in [1.82, 2.24) is 15.1 Å². The molecule has 1 saturated heterocycles. The van der Waals surface area contributed by atoms with Crippen molar-refractivity contribution in [2.24, 2.45) is 5.92 Å². The Hall–Kier alpha value is -2.57. The molecule has 1 N–H and O–H groups in total. The standard InChI is InChI=1S/C18H25N3O4/c1-12(18(24)20(2)3)19-17(23)14-9-16(22)21(11-14)10-13-5-7-15(25-4)8-6-13/h5-8,12,14H,9-11H2,1-4H3,(H,19,23). The van der Waals surface area contributed by atoms with Gasteiger partial charge in [-0.2, -0.15) is 0 Å². The van der Waals surface area contributed by atoms with Gasteiger partial charge in [0.2, 0.25) is 17.7 Å². The number of methoxy groups -OCH3 is 1. The van der Waals surface area contributed by atoms with Crippen LogP contribution in [-0.4, -0.2) is 61.3 Å². The summed E-state index contributed by atoms with van der Waals surface area (Å²) in [6, 6.07) is 6.88. The number of likely N-dealkylation sites (N-methyl/N-ethyl adjacent to an activating group) is 1. The van der Waals surface area contributed by atoms with Gasteiger partial charge in [0.05, 0.1) is 13.0 Å². The third kappa shape index (κ3) is 4.71. The molecule has 7 heteroatoms. The summed E-state index contributed by atoms with van der Waals surface area (Å²) < 4.78 is 5.12. The Morgan fingerprint density at radius 3 is 2.52 bits per heavy atom. The van der Waals surface area contributed by atoms with Gasteiger partial charge in [0.15, 0.2) is 0 Å². The molecule has 7 nitrogen and oxygen atoms in total. The van der Waals surface area contributed by atoms with Crippen LogP contribution in [0, 0.1) is 5.92 Å². The molecule has 1 fully saturated rings. The number of rotatable bonds is 6. The number of carbonyl (C=O) groups excluding carboxylic acids is 3. The van der Waals surface area contributed by atoms with Crippen molar-refractivity contribution < 1.29 is 19.1 Å². The highest BCUT2D eigenvalue weighted by atomic mass is 16.5. The zero-order valence-corrected chi connectivity index (χ0v) is 15.1. The molecule has 1 aromatic rings. The molecular weight excluding hydrogens is 322 g/mol. The minimum Gasteiger partial charge on any atom is -0.497 e. The summed E-state index contributed by atoms with van der Waals surface area (Å²) >= 11 is 0. The number of carbonyl (C=O) groups is 3. The number of benzene rings is 1. The predicted molar refractivity (Wildman–Crippen MR) is 92.8 cm³/mol. The maximum atomic E-state index is 12.3. The van der Waals surface area contributed by atoms with Crippen molar-refractivity contribution in [3.63, 3.8) is 0 Å². The van der Waals surface area contributed by atoms with Crippen molar-refractivity contribution >= 4 is 17.7 Å². The van der Waals surface area contributed by atoms with Crippen molar-refractivity contribution in [1.29, 1.82) is 0 Å². The van der Waals surface area contributed by atoms with Gasteiger partial charge in [-0.15, -0.1) is 0 Å². The second-order valence-corrected chi connectivity index (χ2v) is 6.49. The van der Waals surface area contributed by atoms with Crippen LogP contribution < -0.4 is 10.1 Å². The normalized spacial score (nSPS) is 18.0. The fourth-order valence-corrected chi connectivity index (χ4v) is 2.83. The van der Waals surface area contributed by atoms with Crippen LogP contribution in [0.25, 0.3) is 0 Å². The Morgan fingerprint density at radius 2 is 1.96 bits per heavy atom. The first-order valence-electron chi connectivity index (χ1n) is 8.24. The summed E-state index contributed by atoms with van der Waals surface area (Å²) in [6.07, 6.45) is 0.171. The fraction of sp³-hybridized carbons (Fsp3) is 0.500. The Bertz CT molecular complexity index is 642. The molecule has 2 unspecified atom stereocenters. The van der Waals surface area contributed by atoms with E-state index >= 15 is 0 Å². The third-order valence-corrected chi connectivity index (χ3v) is 4.29. The highest BCUT2D eigenvalue weighted by Gasteiger charge is 2.35. The average Bonchev–Trinajstić information content (AvgIpc) is 2.95. The fourth-order valence-electron chi connectivity index (χ4n) is 2.83. The highest BCUT2D eigenvalue weighted by Crippen LogP contribution is 2.21. The predicted octanol–water partition coefficient (Wildman–Crippen LogP) is 0.637. The molecular formula is C18H25N3O4. The first-order valence-corrected chi connectivity index (χ1v) is 8.24. The SMILES string of the molecule is COc1ccc(CN2CC(C(=O)NC(C)C(=O)N(C)C)CC2=O)cc1. The smallest absolute Gasteiger partial charge is 0.244 e. The van der Waals surface area contributed by atoms with E-state index in [1.165, 1.54) is 4.90 Å². The molecule has 1 aliphatic rings. The topological polar surface area (TPSA) is 79.0 Å². The molecule has 0 spiro atoms. The largest absolute Gasteiger partial charge is 0.497 e. The minimum atomic E-state index is -0.603. The lowest BCUT2D eigenvalue weighted by atomic mass is 10.1. The number of hydrogen-bond acceptors (Lipinski definition) is 4. The van der Waals surface area contributed by atoms with Crippen molar-refractivity contribution in [3.8, 4) is 5.75 Å². The van der Waals surface area contributed by atoms with Crippen LogP contribution in [0.3, 0.4) is 0 Å². The minimum absolute atomic E-state index is 0.0532. The van der Waals surface area contributed by atoms with Crippen molar-refractivity contribution in [3.05, 3.63) is 29.8 Å². The van der Waals surface area contributed by atoms with Crippen LogP contribution in [0.5, 0.6) is 5.75 Å². The second kappa shape index (κ2) is 8.00. The van der Waals surface area contributed by atoms with E-state index in [1.54, 1.807) is 33.0 Å². The van der Waals surface area contributed by atoms with Gasteiger partial charge in [0.1, 0.15) is 11.8 Å². The van der Waals surface area contributed by atoms with Crippen LogP contribution in [-0.2, 0) is 20.9 Å². The van der Waals surface area contributed by atoms with E-state index in [4.69, 9.17) is 4.74 Å². The number of hydrogen-bond donors (Lipinski definition) is 1. The number of nitrogens with zero attached hydrogens (tertiary/aromatic N) is 2. The summed E-state index contributed by atoms with van der Waals surface area (Å²) in [5, 5.41) is 2.70. The first kappa shape index (κ1) is 18.8. The summed E-state index contributed by atoms with van der Waals surface area (Å²) in [5.41, 5.74) is 0.978. The number of nitrogens with one attached hydrogen (secondary N) is 1. The summed E-state index contributed by atoms with van der Waals surface area (Å²) in [4.78, 5) is 39.5. The molecule has 2 atom stereocenters. The van der Waals surface area contributed by atoms with Crippen LogP contribution >= 0.6 is 0 Å². The maximum absolute atomic E-state index is 12.3. The Labute approximate surface area is 147 Å². The van der Waals surface area contributed by atoms with Crippen LogP contribution in [0.4, 0.5) is 0 Å². The third-order valence-electron chi connectivity index (χ3n) is 4.29. The van der Waals surface area contributed by atoms with E-state index in [2.05, 4.69) is 5.32 Å². The lowest BCUT2D eigenvalue weighted by Crippen LogP contribution is -2.46. The van der Waals surface area contributed by atoms with E-state index in [0.29, 0.717) is 13.1 Å². The second-order valence-electron chi connectivity index (χ2n) is 6.49. The average molecular weight is 347 g/mol. The van der Waals surface area contributed by atoms with E-state index in [-0.39, 0.29) is 24.1 Å². The van der Waals surface area contributed by atoms with Crippen LogP contribution in [0.2, 0.25) is 0 Å². The summed E-state index contributed by atoms with van der Waals surface area (Å²) in [5.74, 6) is -0.153. The van der Waals surface area contributed by atoms with E-state index < -0.39 is 12.0 Å². The van der Waals surface area contributed by atoms with E-state index in [0.717, 1.165) is 11.3 Å². The van der Waals surface area contributed by atoms with E-state index in [9.17, 15) is 14.4 Å². The van der Waals surface area contributed by atoms with Gasteiger partial charge < -0.3 is 19.9 Å². The quantitative estimate of drug-likeness (QED) is 0.819. The van der Waals surface area contributed by atoms with Crippen molar-refractivity contribution in [2.75, 3.05) is 27.7 Å². The molecule has 136 valence electrons. The van der Waals surface area contributed by atoms with Gasteiger partial charge >= 0.3 is 0 Å². The van der Waals surface area contributed by atoms with Crippen LogP contribution in [0.15, 0.2) is 24.3 Å². The molecule has 1 aromatic carbocycles.